The van der Waals surface area contributed by atoms with Gasteiger partial charge in [-0.3, -0.25) is 14.9 Å². The zero-order valence-corrected chi connectivity index (χ0v) is 15.1. The van der Waals surface area contributed by atoms with Gasteiger partial charge in [-0.1, -0.05) is 12.1 Å². The maximum absolute atomic E-state index is 14.3. The smallest absolute Gasteiger partial charge is 0.277 e. The van der Waals surface area contributed by atoms with E-state index in [-0.39, 0.29) is 29.5 Å². The molecule has 0 saturated carbocycles. The largest absolute Gasteiger partial charge is 0.444 e. The molecule has 1 aliphatic heterocycles. The van der Waals surface area contributed by atoms with Crippen LogP contribution in [0, 0.1) is 19.7 Å². The number of aryl methyl sites for hydroxylation is 3. The Kier molecular flexibility index (Phi) is 4.18. The summed E-state index contributed by atoms with van der Waals surface area (Å²) in [6.07, 6.45) is 1.63. The molecule has 3 aromatic rings. The van der Waals surface area contributed by atoms with E-state index >= 15 is 0 Å². The molecular weight excluding hydrogens is 351 g/mol. The lowest BCUT2D eigenvalue weighted by Crippen LogP contribution is -2.37. The lowest BCUT2D eigenvalue weighted by atomic mass is 10.0. The molecule has 0 radical (unpaired) electrons. The molecule has 7 nitrogen and oxygen atoms in total. The summed E-state index contributed by atoms with van der Waals surface area (Å²) in [4.78, 5) is 26.5. The van der Waals surface area contributed by atoms with Crippen molar-refractivity contribution in [2.75, 3.05) is 23.3 Å². The number of nitrogens with zero attached hydrogens (tertiary/aromatic N) is 2. The summed E-state index contributed by atoms with van der Waals surface area (Å²) in [6.45, 7) is 4.02. The van der Waals surface area contributed by atoms with Crippen LogP contribution in [-0.4, -0.2) is 29.2 Å². The normalized spacial score (nSPS) is 13.7. The Morgan fingerprint density at radius 1 is 1.37 bits per heavy atom. The van der Waals surface area contributed by atoms with Crippen LogP contribution in [0.5, 0.6) is 0 Å². The molecule has 0 aliphatic carbocycles. The predicted octanol–water partition coefficient (Wildman–Crippen LogP) is 2.66. The molecule has 27 heavy (non-hydrogen) atoms. The third-order valence-electron chi connectivity index (χ3n) is 4.85. The number of H-pyrrole nitrogens is 1. The van der Waals surface area contributed by atoms with Crippen LogP contribution in [0.1, 0.15) is 23.4 Å². The van der Waals surface area contributed by atoms with E-state index in [2.05, 4.69) is 15.5 Å². The van der Waals surface area contributed by atoms with E-state index in [9.17, 15) is 14.0 Å². The van der Waals surface area contributed by atoms with Gasteiger partial charge in [0.05, 0.1) is 23.3 Å². The number of carbonyl (C=O) groups excluding carboxylic acids is 1. The van der Waals surface area contributed by atoms with E-state index in [4.69, 9.17) is 4.42 Å². The van der Waals surface area contributed by atoms with Crippen LogP contribution in [0.15, 0.2) is 27.4 Å². The van der Waals surface area contributed by atoms with Gasteiger partial charge in [-0.05, 0) is 38.3 Å². The Morgan fingerprint density at radius 2 is 2.19 bits per heavy atom. The molecule has 1 aliphatic rings. The van der Waals surface area contributed by atoms with Crippen LogP contribution in [0.25, 0.3) is 10.8 Å². The zero-order chi connectivity index (χ0) is 19.1. The molecule has 8 heteroatoms. The molecule has 140 valence electrons. The first-order valence-corrected chi connectivity index (χ1v) is 8.76. The second-order valence-electron chi connectivity index (χ2n) is 6.70. The molecule has 1 amide bonds. The summed E-state index contributed by atoms with van der Waals surface area (Å²) in [5.74, 6) is -0.121. The second-order valence-corrected chi connectivity index (χ2v) is 6.70. The van der Waals surface area contributed by atoms with Gasteiger partial charge in [-0.2, -0.15) is 5.10 Å². The summed E-state index contributed by atoms with van der Waals surface area (Å²) in [7, 11) is 0. The molecule has 0 unspecified atom stereocenters. The van der Waals surface area contributed by atoms with Crippen LogP contribution in [0.2, 0.25) is 0 Å². The number of rotatable bonds is 3. The van der Waals surface area contributed by atoms with Crippen molar-refractivity contribution < 1.29 is 13.6 Å². The molecule has 0 fully saturated rings. The van der Waals surface area contributed by atoms with Gasteiger partial charge in [-0.15, -0.1) is 0 Å². The minimum atomic E-state index is -0.433. The van der Waals surface area contributed by atoms with Gasteiger partial charge in [0, 0.05) is 6.54 Å². The van der Waals surface area contributed by atoms with Gasteiger partial charge in [0.2, 0.25) is 11.8 Å². The first kappa shape index (κ1) is 17.3. The van der Waals surface area contributed by atoms with Gasteiger partial charge >= 0.3 is 0 Å². The third kappa shape index (κ3) is 2.97. The fourth-order valence-corrected chi connectivity index (χ4v) is 3.72. The number of halogens is 1. The Labute approximate surface area is 154 Å². The van der Waals surface area contributed by atoms with Gasteiger partial charge in [-0.25, -0.2) is 9.49 Å². The Balaban J connectivity index is 1.61. The minimum absolute atomic E-state index is 0.0306. The average Bonchev–Trinajstić information content (AvgIpc) is 2.95. The van der Waals surface area contributed by atoms with Gasteiger partial charge in [0.15, 0.2) is 0 Å². The van der Waals surface area contributed by atoms with Crippen molar-refractivity contribution in [2.45, 2.75) is 26.7 Å². The SMILES string of the molecule is Cc1n[nH]c(=O)c2c(NC(=O)CN3CCCc4cccc(F)c43)oc(C)c12. The molecule has 3 heterocycles. The minimum Gasteiger partial charge on any atom is -0.444 e. The van der Waals surface area contributed by atoms with Crippen molar-refractivity contribution in [3.05, 3.63) is 51.4 Å². The number of amides is 1. The van der Waals surface area contributed by atoms with Crippen LogP contribution in [0.3, 0.4) is 0 Å². The van der Waals surface area contributed by atoms with Crippen molar-refractivity contribution in [1.29, 1.82) is 0 Å². The molecule has 2 N–H and O–H groups in total. The highest BCUT2D eigenvalue weighted by molar-refractivity contribution is 6.02. The van der Waals surface area contributed by atoms with Crippen molar-refractivity contribution in [3.8, 4) is 0 Å². The monoisotopic (exact) mass is 370 g/mol. The number of furan rings is 1. The average molecular weight is 370 g/mol. The number of para-hydroxylation sites is 1. The van der Waals surface area contributed by atoms with E-state index in [0.29, 0.717) is 29.1 Å². The number of nitrogens with one attached hydrogen (secondary N) is 2. The maximum Gasteiger partial charge on any atom is 0.277 e. The van der Waals surface area contributed by atoms with Crippen molar-refractivity contribution in [2.24, 2.45) is 0 Å². The molecule has 2 aromatic heterocycles. The molecular formula is C19H19FN4O3. The summed E-state index contributed by atoms with van der Waals surface area (Å²) in [5, 5.41) is 9.83. The number of carbonyl (C=O) groups is 1. The topological polar surface area (TPSA) is 91.2 Å². The molecule has 0 atom stereocenters. The first-order chi connectivity index (χ1) is 13.0. The highest BCUT2D eigenvalue weighted by Gasteiger charge is 2.24. The molecule has 0 saturated heterocycles. The van der Waals surface area contributed by atoms with Crippen molar-refractivity contribution >= 4 is 28.3 Å². The Morgan fingerprint density at radius 3 is 3.00 bits per heavy atom. The predicted molar refractivity (Wildman–Crippen MR) is 99.7 cm³/mol. The van der Waals surface area contributed by atoms with E-state index in [0.717, 1.165) is 18.4 Å². The number of anilines is 2. The first-order valence-electron chi connectivity index (χ1n) is 8.76. The van der Waals surface area contributed by atoms with Crippen LogP contribution in [0.4, 0.5) is 16.0 Å². The zero-order valence-electron chi connectivity index (χ0n) is 15.1. The summed E-state index contributed by atoms with van der Waals surface area (Å²) >= 11 is 0. The number of hydrogen-bond donors (Lipinski definition) is 2. The maximum atomic E-state index is 14.3. The van der Waals surface area contributed by atoms with E-state index in [1.165, 1.54) is 6.07 Å². The quantitative estimate of drug-likeness (QED) is 0.740. The van der Waals surface area contributed by atoms with E-state index < -0.39 is 5.56 Å². The van der Waals surface area contributed by atoms with Crippen LogP contribution in [-0.2, 0) is 11.2 Å². The number of aromatic nitrogens is 2. The van der Waals surface area contributed by atoms with E-state index in [1.807, 2.05) is 6.07 Å². The Hall–Kier alpha value is -3.16. The molecule has 4 rings (SSSR count). The van der Waals surface area contributed by atoms with Crippen molar-refractivity contribution in [1.82, 2.24) is 10.2 Å². The van der Waals surface area contributed by atoms with Crippen molar-refractivity contribution in [3.63, 3.8) is 0 Å². The second kappa shape index (κ2) is 6.53. The van der Waals surface area contributed by atoms with Gasteiger partial charge < -0.3 is 9.32 Å². The summed E-state index contributed by atoms with van der Waals surface area (Å²) in [6, 6.07) is 4.95. The lowest BCUT2D eigenvalue weighted by Gasteiger charge is -2.30. The van der Waals surface area contributed by atoms with E-state index in [1.54, 1.807) is 24.8 Å². The highest BCUT2D eigenvalue weighted by atomic mass is 19.1. The lowest BCUT2D eigenvalue weighted by molar-refractivity contribution is -0.115. The Bertz CT molecular complexity index is 1100. The number of benzene rings is 1. The van der Waals surface area contributed by atoms with Gasteiger partial charge in [0.1, 0.15) is 17.0 Å². The molecule has 1 aromatic carbocycles. The van der Waals surface area contributed by atoms with Gasteiger partial charge in [0.25, 0.3) is 5.56 Å². The fourth-order valence-electron chi connectivity index (χ4n) is 3.72. The van der Waals surface area contributed by atoms with Crippen LogP contribution < -0.4 is 15.8 Å². The summed E-state index contributed by atoms with van der Waals surface area (Å²) in [5.41, 5.74) is 1.54. The third-order valence-corrected chi connectivity index (χ3v) is 4.85. The molecule has 0 bridgehead atoms. The highest BCUT2D eigenvalue weighted by Crippen LogP contribution is 2.31. The summed E-state index contributed by atoms with van der Waals surface area (Å²) < 4.78 is 19.9. The molecule has 0 spiro atoms. The standard InChI is InChI=1S/C19H19FN4O3/c1-10-15-11(2)27-19(16(15)18(26)23-22-10)21-14(25)9-24-8-4-6-12-5-3-7-13(20)17(12)24/h3,5,7H,4,6,8-9H2,1-2H3,(H,21,25)(H,23,26). The number of fused-ring (bicyclic) bond motifs is 2. The van der Waals surface area contributed by atoms with Crippen LogP contribution >= 0.6 is 0 Å². The number of aromatic amines is 1. The number of hydrogen-bond acceptors (Lipinski definition) is 5. The fraction of sp³-hybridized carbons (Fsp3) is 0.316.